The lowest BCUT2D eigenvalue weighted by molar-refractivity contribution is -0.0941. The topological polar surface area (TPSA) is 103 Å². The number of rotatable bonds is 4. The van der Waals surface area contributed by atoms with E-state index in [4.69, 9.17) is 5.73 Å². The van der Waals surface area contributed by atoms with Gasteiger partial charge in [0.15, 0.2) is 11.8 Å². The molecule has 1 atom stereocenters. The second-order valence-electron chi connectivity index (χ2n) is 5.54. The van der Waals surface area contributed by atoms with Crippen LogP contribution in [0, 0.1) is 0 Å². The molecule has 1 rings (SSSR count). The van der Waals surface area contributed by atoms with E-state index >= 15 is 0 Å². The van der Waals surface area contributed by atoms with Crippen molar-refractivity contribution in [2.24, 2.45) is 15.9 Å². The molecule has 150 valence electrons. The van der Waals surface area contributed by atoms with E-state index in [9.17, 15) is 34.8 Å². The molecule has 0 spiro atoms. The fraction of sp³-hybridized carbons (Fsp3) is 0.667. The van der Waals surface area contributed by atoms with Crippen LogP contribution in [-0.4, -0.2) is 56.7 Å². The smallest absolute Gasteiger partial charge is 0.417 e. The number of nitrogens with two attached hydrogens (primary N) is 1. The molecular weight excluding hydrogens is 396 g/mol. The number of hydrogen-bond acceptors (Lipinski definition) is 7. The minimum absolute atomic E-state index is 0.783. The van der Waals surface area contributed by atoms with Gasteiger partial charge in [-0.2, -0.15) is 22.0 Å². The lowest BCUT2D eigenvalue weighted by Crippen LogP contribution is -2.39. The van der Waals surface area contributed by atoms with Crippen molar-refractivity contribution >= 4 is 20.8 Å². The molecule has 0 bridgehead atoms. The molecular formula is C12H15F6N3O4S. The number of alkyl halides is 6. The monoisotopic (exact) mass is 411 g/mol. The van der Waals surface area contributed by atoms with E-state index in [1.165, 1.54) is 0 Å². The number of sulfone groups is 1. The van der Waals surface area contributed by atoms with E-state index in [0.29, 0.717) is 0 Å². The van der Waals surface area contributed by atoms with Gasteiger partial charge in [-0.15, -0.1) is 0 Å². The van der Waals surface area contributed by atoms with Crippen LogP contribution >= 0.6 is 0 Å². The van der Waals surface area contributed by atoms with E-state index in [1.54, 1.807) is 0 Å². The van der Waals surface area contributed by atoms with Crippen LogP contribution in [0.3, 0.4) is 0 Å². The van der Waals surface area contributed by atoms with E-state index in [0.717, 1.165) is 20.9 Å². The summed E-state index contributed by atoms with van der Waals surface area (Å²) in [5.41, 5.74) is -0.251. The number of oxime groups is 1. The predicted octanol–water partition coefficient (Wildman–Crippen LogP) is 1.90. The molecule has 14 heteroatoms. The van der Waals surface area contributed by atoms with Crippen molar-refractivity contribution in [1.29, 1.82) is 0 Å². The molecule has 0 saturated carbocycles. The lowest BCUT2D eigenvalue weighted by atomic mass is 10.1. The van der Waals surface area contributed by atoms with Crippen molar-refractivity contribution in [3.63, 3.8) is 0 Å². The zero-order chi connectivity index (χ0) is 20.5. The van der Waals surface area contributed by atoms with Gasteiger partial charge in [0.2, 0.25) is 20.8 Å². The Kier molecular flexibility index (Phi) is 6.21. The Morgan fingerprint density at radius 1 is 1.42 bits per heavy atom. The maximum absolute atomic E-state index is 14.2. The largest absolute Gasteiger partial charge is 0.431 e. The Morgan fingerprint density at radius 2 is 1.96 bits per heavy atom. The molecule has 0 aromatic rings. The Labute approximate surface area is 144 Å². The molecule has 0 aliphatic carbocycles. The third kappa shape index (κ3) is 4.80. The molecule has 0 saturated heterocycles. The molecule has 26 heavy (non-hydrogen) atoms. The molecule has 7 nitrogen and oxygen atoms in total. The lowest BCUT2D eigenvalue weighted by Gasteiger charge is -2.19. The number of aliphatic imine (C=N–C) groups is 1. The third-order valence-electron chi connectivity index (χ3n) is 3.14. The van der Waals surface area contributed by atoms with Crippen LogP contribution in [0.2, 0.25) is 0 Å². The van der Waals surface area contributed by atoms with Crippen LogP contribution in [0.25, 0.3) is 0 Å². The average Bonchev–Trinajstić information content (AvgIpc) is 2.75. The summed E-state index contributed by atoms with van der Waals surface area (Å²) in [6, 6.07) is 0. The number of nitrogens with zero attached hydrogens (tertiary/aromatic N) is 2. The second-order valence-corrected chi connectivity index (χ2v) is 7.48. The maximum Gasteiger partial charge on any atom is 0.431 e. The summed E-state index contributed by atoms with van der Waals surface area (Å²) >= 11 is 0. The van der Waals surface area contributed by atoms with Crippen molar-refractivity contribution < 1.29 is 44.3 Å². The molecule has 1 heterocycles. The van der Waals surface area contributed by atoms with Gasteiger partial charge >= 0.3 is 12.8 Å². The molecule has 0 amide bonds. The Bertz CT molecular complexity index is 743. The first-order valence-corrected chi connectivity index (χ1v) is 8.39. The maximum atomic E-state index is 14.2. The molecule has 0 fully saturated rings. The fourth-order valence-corrected chi connectivity index (χ4v) is 3.36. The van der Waals surface area contributed by atoms with Crippen molar-refractivity contribution in [2.75, 3.05) is 12.8 Å². The van der Waals surface area contributed by atoms with Gasteiger partial charge in [0.1, 0.15) is 5.70 Å². The number of ether oxygens (including phenoxy) is 1. The summed E-state index contributed by atoms with van der Waals surface area (Å²) in [5, 5.41) is 1.85. The predicted molar refractivity (Wildman–Crippen MR) is 79.0 cm³/mol. The molecule has 1 aliphatic heterocycles. The van der Waals surface area contributed by atoms with Crippen LogP contribution in [0.1, 0.15) is 13.8 Å². The van der Waals surface area contributed by atoms with Crippen LogP contribution in [0.15, 0.2) is 21.4 Å². The van der Waals surface area contributed by atoms with Gasteiger partial charge in [0.05, 0.1) is 11.3 Å². The molecule has 1 aliphatic rings. The molecule has 0 aromatic heterocycles. The Balaban J connectivity index is 3.39. The zero-order valence-electron chi connectivity index (χ0n) is 13.6. The molecule has 0 aromatic carbocycles. The highest BCUT2D eigenvalue weighted by molar-refractivity contribution is 8.06. The standard InChI is InChI=1S/C12H15F6N3O4S/c1-11(2)6(13)9(21-25-11)26(22,23)4-5(7(19)12(16,17)18)8(20-3)24-10(14)15/h6,10H,4,19H2,1-3H3. The van der Waals surface area contributed by atoms with Gasteiger partial charge in [-0.25, -0.2) is 12.8 Å². The minimum Gasteiger partial charge on any atom is -0.417 e. The van der Waals surface area contributed by atoms with E-state index in [1.807, 2.05) is 0 Å². The van der Waals surface area contributed by atoms with Gasteiger partial charge in [0, 0.05) is 7.05 Å². The van der Waals surface area contributed by atoms with Gasteiger partial charge in [-0.3, -0.25) is 4.99 Å². The third-order valence-corrected chi connectivity index (χ3v) is 4.73. The minimum atomic E-state index is -5.28. The highest BCUT2D eigenvalue weighted by Crippen LogP contribution is 2.31. The van der Waals surface area contributed by atoms with Crippen LogP contribution in [-0.2, 0) is 19.4 Å². The van der Waals surface area contributed by atoms with Gasteiger partial charge in [-0.1, -0.05) is 5.16 Å². The fourth-order valence-electron chi connectivity index (χ4n) is 1.80. The molecule has 1 unspecified atom stereocenters. The number of allylic oxidation sites excluding steroid dienone is 1. The van der Waals surface area contributed by atoms with Crippen LogP contribution < -0.4 is 5.73 Å². The van der Waals surface area contributed by atoms with Crippen molar-refractivity contribution in [3.05, 3.63) is 11.3 Å². The SMILES string of the molecule is CN=C(OC(F)F)C(CS(=O)(=O)C1=NOC(C)(C)C1F)=C(N)C(F)(F)F. The highest BCUT2D eigenvalue weighted by atomic mass is 32.2. The quantitative estimate of drug-likeness (QED) is 0.432. The Hall–Kier alpha value is -1.99. The van der Waals surface area contributed by atoms with E-state index in [-0.39, 0.29) is 0 Å². The summed E-state index contributed by atoms with van der Waals surface area (Å²) < 4.78 is 106. The summed E-state index contributed by atoms with van der Waals surface area (Å²) in [7, 11) is -4.09. The van der Waals surface area contributed by atoms with Crippen LogP contribution in [0.5, 0.6) is 0 Å². The van der Waals surface area contributed by atoms with Crippen LogP contribution in [0.4, 0.5) is 26.3 Å². The van der Waals surface area contributed by atoms with E-state index < -0.39 is 62.4 Å². The summed E-state index contributed by atoms with van der Waals surface area (Å²) in [6.07, 6.45) is -7.58. The first-order valence-electron chi connectivity index (χ1n) is 6.74. The number of hydrogen-bond donors (Lipinski definition) is 1. The first-order chi connectivity index (χ1) is 11.6. The van der Waals surface area contributed by atoms with Crippen molar-refractivity contribution in [3.8, 4) is 0 Å². The summed E-state index contributed by atoms with van der Waals surface area (Å²) in [4.78, 5) is 7.66. The van der Waals surface area contributed by atoms with Gasteiger partial charge in [0.25, 0.3) is 0 Å². The first kappa shape index (κ1) is 22.1. The van der Waals surface area contributed by atoms with Gasteiger partial charge in [-0.05, 0) is 13.8 Å². The van der Waals surface area contributed by atoms with Gasteiger partial charge < -0.3 is 15.3 Å². The zero-order valence-corrected chi connectivity index (χ0v) is 14.5. The molecule has 0 radical (unpaired) electrons. The molecule has 2 N–H and O–H groups in total. The average molecular weight is 411 g/mol. The highest BCUT2D eigenvalue weighted by Gasteiger charge is 2.48. The Morgan fingerprint density at radius 3 is 2.31 bits per heavy atom. The van der Waals surface area contributed by atoms with Crippen molar-refractivity contribution in [1.82, 2.24) is 0 Å². The summed E-state index contributed by atoms with van der Waals surface area (Å²) in [6.45, 7) is -1.29. The number of halogens is 6. The van der Waals surface area contributed by atoms with E-state index in [2.05, 4.69) is 19.7 Å². The van der Waals surface area contributed by atoms with Crippen molar-refractivity contribution in [2.45, 2.75) is 38.4 Å². The summed E-state index contributed by atoms with van der Waals surface area (Å²) in [5.74, 6) is -2.98. The normalized spacial score (nSPS) is 22.0. The second kappa shape index (κ2) is 7.32.